The van der Waals surface area contributed by atoms with E-state index in [0.29, 0.717) is 23.6 Å². The maximum absolute atomic E-state index is 12.2. The lowest BCUT2D eigenvalue weighted by Gasteiger charge is -2.27. The molecule has 1 aromatic carbocycles. The Hall–Kier alpha value is -1.55. The molecule has 1 fully saturated rings. The van der Waals surface area contributed by atoms with Crippen LogP contribution in [0.2, 0.25) is 5.02 Å². The van der Waals surface area contributed by atoms with Gasteiger partial charge in [-0.25, -0.2) is 0 Å². The number of hydrogen-bond donors (Lipinski definition) is 2. The molecule has 5 heteroatoms. The number of carboxylic acid groups (broad SMARTS) is 1. The van der Waals surface area contributed by atoms with Crippen LogP contribution in [0.1, 0.15) is 44.9 Å². The number of nitrogens with one attached hydrogen (secondary N) is 1. The van der Waals surface area contributed by atoms with E-state index in [1.807, 2.05) is 0 Å². The van der Waals surface area contributed by atoms with Crippen molar-refractivity contribution >= 4 is 29.2 Å². The Morgan fingerprint density at radius 1 is 1.14 bits per heavy atom. The summed E-state index contributed by atoms with van der Waals surface area (Å²) in [5, 5.41) is 12.8. The number of halogens is 1. The van der Waals surface area contributed by atoms with Crippen molar-refractivity contribution in [1.82, 2.24) is 0 Å². The van der Waals surface area contributed by atoms with E-state index in [-0.39, 0.29) is 12.3 Å². The highest BCUT2D eigenvalue weighted by atomic mass is 35.5. The maximum atomic E-state index is 12.2. The third-order valence-electron chi connectivity index (χ3n) is 4.16. The number of carbonyl (C=O) groups excluding carboxylic acids is 1. The number of aliphatic carboxylic acids is 1. The molecular weight excluding hydrogens is 290 g/mol. The molecule has 0 atom stereocenters. The number of amides is 1. The van der Waals surface area contributed by atoms with Crippen LogP contribution in [0.4, 0.5) is 5.69 Å². The third-order valence-corrected chi connectivity index (χ3v) is 4.49. The van der Waals surface area contributed by atoms with Crippen LogP contribution in [-0.4, -0.2) is 17.0 Å². The van der Waals surface area contributed by atoms with E-state index in [9.17, 15) is 14.7 Å². The average Bonchev–Trinajstić information content (AvgIpc) is 2.68. The number of carbonyl (C=O) groups is 2. The third kappa shape index (κ3) is 3.97. The fraction of sp³-hybridized carbons (Fsp3) is 0.500. The Kier molecular flexibility index (Phi) is 5.23. The quantitative estimate of drug-likeness (QED) is 0.823. The van der Waals surface area contributed by atoms with E-state index < -0.39 is 11.4 Å². The number of para-hydroxylation sites is 1. The first kappa shape index (κ1) is 15.8. The van der Waals surface area contributed by atoms with E-state index in [1.165, 1.54) is 0 Å². The van der Waals surface area contributed by atoms with Crippen molar-refractivity contribution in [3.63, 3.8) is 0 Å². The Balaban J connectivity index is 2.08. The average molecular weight is 310 g/mol. The van der Waals surface area contributed by atoms with E-state index in [0.717, 1.165) is 25.7 Å². The molecule has 1 aliphatic carbocycles. The number of carboxylic acids is 1. The number of hydrogen-bond acceptors (Lipinski definition) is 2. The molecule has 2 N–H and O–H groups in total. The molecule has 114 valence electrons. The van der Waals surface area contributed by atoms with E-state index >= 15 is 0 Å². The summed E-state index contributed by atoms with van der Waals surface area (Å²) in [5.74, 6) is -1.15. The molecule has 1 amide bonds. The van der Waals surface area contributed by atoms with Crippen LogP contribution in [0.15, 0.2) is 24.3 Å². The normalized spacial score (nSPS) is 17.8. The highest BCUT2D eigenvalue weighted by Crippen LogP contribution is 2.39. The Labute approximate surface area is 129 Å². The van der Waals surface area contributed by atoms with Crippen LogP contribution in [0, 0.1) is 5.41 Å². The second kappa shape index (κ2) is 6.94. The monoisotopic (exact) mass is 309 g/mol. The van der Waals surface area contributed by atoms with Gasteiger partial charge in [0.25, 0.3) is 0 Å². The molecule has 4 nitrogen and oxygen atoms in total. The van der Waals surface area contributed by atoms with Gasteiger partial charge < -0.3 is 10.4 Å². The minimum absolute atomic E-state index is 0.00750. The van der Waals surface area contributed by atoms with Crippen molar-refractivity contribution in [2.75, 3.05) is 5.32 Å². The van der Waals surface area contributed by atoms with Gasteiger partial charge in [-0.3, -0.25) is 9.59 Å². The summed E-state index contributed by atoms with van der Waals surface area (Å²) >= 11 is 6.00. The van der Waals surface area contributed by atoms with Crippen LogP contribution in [-0.2, 0) is 9.59 Å². The first-order chi connectivity index (χ1) is 10.0. The van der Waals surface area contributed by atoms with Gasteiger partial charge in [-0.05, 0) is 25.0 Å². The van der Waals surface area contributed by atoms with Crippen molar-refractivity contribution in [2.24, 2.45) is 5.41 Å². The summed E-state index contributed by atoms with van der Waals surface area (Å²) in [7, 11) is 0. The van der Waals surface area contributed by atoms with Crippen LogP contribution < -0.4 is 5.32 Å². The predicted molar refractivity (Wildman–Crippen MR) is 82.5 cm³/mol. The summed E-state index contributed by atoms with van der Waals surface area (Å²) < 4.78 is 0. The Morgan fingerprint density at radius 2 is 1.76 bits per heavy atom. The molecule has 0 bridgehead atoms. The van der Waals surface area contributed by atoms with Crippen molar-refractivity contribution in [3.05, 3.63) is 29.3 Å². The second-order valence-electron chi connectivity index (χ2n) is 5.70. The molecular formula is C16H20ClNO3. The van der Waals surface area contributed by atoms with Gasteiger partial charge in [0.05, 0.1) is 16.1 Å². The molecule has 21 heavy (non-hydrogen) atoms. The minimum atomic E-state index is -0.929. The van der Waals surface area contributed by atoms with E-state index in [2.05, 4.69) is 5.32 Å². The van der Waals surface area contributed by atoms with E-state index in [4.69, 9.17) is 11.6 Å². The Bertz CT molecular complexity index is 522. The molecule has 0 unspecified atom stereocenters. The van der Waals surface area contributed by atoms with Gasteiger partial charge in [0.15, 0.2) is 0 Å². The number of benzene rings is 1. The molecule has 2 rings (SSSR count). The van der Waals surface area contributed by atoms with Crippen molar-refractivity contribution < 1.29 is 14.7 Å². The maximum Gasteiger partial charge on any atom is 0.310 e. The van der Waals surface area contributed by atoms with Gasteiger partial charge >= 0.3 is 5.97 Å². The summed E-state index contributed by atoms with van der Waals surface area (Å²) in [6, 6.07) is 6.96. The number of rotatable bonds is 4. The van der Waals surface area contributed by atoms with Gasteiger partial charge in [-0.2, -0.15) is 0 Å². The second-order valence-corrected chi connectivity index (χ2v) is 6.11. The first-order valence-corrected chi connectivity index (χ1v) is 7.69. The fourth-order valence-corrected chi connectivity index (χ4v) is 3.12. The molecule has 0 heterocycles. The topological polar surface area (TPSA) is 66.4 Å². The minimum Gasteiger partial charge on any atom is -0.481 e. The predicted octanol–water partition coefficient (Wildman–Crippen LogP) is 4.09. The zero-order valence-electron chi connectivity index (χ0n) is 11.9. The summed E-state index contributed by atoms with van der Waals surface area (Å²) in [4.78, 5) is 23.9. The van der Waals surface area contributed by atoms with Gasteiger partial charge in [-0.1, -0.05) is 49.4 Å². The molecule has 1 aromatic rings. The lowest BCUT2D eigenvalue weighted by Crippen LogP contribution is -2.35. The Morgan fingerprint density at radius 3 is 2.33 bits per heavy atom. The molecule has 1 saturated carbocycles. The van der Waals surface area contributed by atoms with Gasteiger partial charge in [0.1, 0.15) is 0 Å². The number of anilines is 1. The lowest BCUT2D eigenvalue weighted by atomic mass is 9.77. The summed E-state index contributed by atoms with van der Waals surface area (Å²) in [5.41, 5.74) is -0.403. The van der Waals surface area contributed by atoms with Crippen molar-refractivity contribution in [3.8, 4) is 0 Å². The zero-order valence-corrected chi connectivity index (χ0v) is 12.7. The zero-order chi connectivity index (χ0) is 15.3. The first-order valence-electron chi connectivity index (χ1n) is 7.31. The van der Waals surface area contributed by atoms with Crippen molar-refractivity contribution in [2.45, 2.75) is 44.9 Å². The fourth-order valence-electron chi connectivity index (χ4n) is 2.94. The molecule has 0 aliphatic heterocycles. The van der Waals surface area contributed by atoms with Gasteiger partial charge in [-0.15, -0.1) is 0 Å². The molecule has 0 radical (unpaired) electrons. The standard InChI is InChI=1S/C16H20ClNO3/c17-12-7-3-4-8-13(12)18-14(19)11-16(15(20)21)9-5-1-2-6-10-16/h3-4,7-8H,1-2,5-6,9-11H2,(H,18,19)(H,20,21). The smallest absolute Gasteiger partial charge is 0.310 e. The highest BCUT2D eigenvalue weighted by molar-refractivity contribution is 6.33. The van der Waals surface area contributed by atoms with Crippen LogP contribution >= 0.6 is 11.6 Å². The lowest BCUT2D eigenvalue weighted by molar-refractivity contribution is -0.152. The largest absolute Gasteiger partial charge is 0.481 e. The van der Waals surface area contributed by atoms with Crippen molar-refractivity contribution in [1.29, 1.82) is 0 Å². The van der Waals surface area contributed by atoms with Crippen LogP contribution in [0.5, 0.6) is 0 Å². The van der Waals surface area contributed by atoms with Gasteiger partial charge in [0.2, 0.25) is 5.91 Å². The molecule has 1 aliphatic rings. The molecule has 0 saturated heterocycles. The van der Waals surface area contributed by atoms with E-state index in [1.54, 1.807) is 24.3 Å². The highest BCUT2D eigenvalue weighted by Gasteiger charge is 2.40. The molecule has 0 aromatic heterocycles. The van der Waals surface area contributed by atoms with Gasteiger partial charge in [0, 0.05) is 6.42 Å². The summed E-state index contributed by atoms with van der Waals surface area (Å²) in [6.07, 6.45) is 4.96. The molecule has 0 spiro atoms. The van der Waals surface area contributed by atoms with Crippen LogP contribution in [0.25, 0.3) is 0 Å². The SMILES string of the molecule is O=C(CC1(C(=O)O)CCCCCC1)Nc1ccccc1Cl. The summed E-state index contributed by atoms with van der Waals surface area (Å²) in [6.45, 7) is 0. The van der Waals surface area contributed by atoms with Crippen LogP contribution in [0.3, 0.4) is 0 Å².